The molecule has 2 aromatic carbocycles. The molecule has 0 aliphatic carbocycles. The summed E-state index contributed by atoms with van der Waals surface area (Å²) < 4.78 is 18.1. The maximum atomic E-state index is 12.8. The minimum absolute atomic E-state index is 0.0573. The van der Waals surface area contributed by atoms with Crippen LogP contribution in [0.2, 0.25) is 5.02 Å². The number of halogens is 2. The van der Waals surface area contributed by atoms with E-state index >= 15 is 0 Å². The number of rotatable bonds is 8. The summed E-state index contributed by atoms with van der Waals surface area (Å²) in [5, 5.41) is 16.2. The first-order chi connectivity index (χ1) is 13.4. The predicted octanol–water partition coefficient (Wildman–Crippen LogP) is 3.45. The van der Waals surface area contributed by atoms with Crippen LogP contribution in [0.1, 0.15) is 25.3 Å². The summed E-state index contributed by atoms with van der Waals surface area (Å²) in [5.41, 5.74) is 3.26. The van der Waals surface area contributed by atoms with E-state index in [0.717, 1.165) is 0 Å². The van der Waals surface area contributed by atoms with Gasteiger partial charge in [-0.25, -0.2) is 9.82 Å². The second kappa shape index (κ2) is 10.3. The number of amides is 2. The van der Waals surface area contributed by atoms with Gasteiger partial charge in [-0.3, -0.25) is 9.59 Å². The van der Waals surface area contributed by atoms with Crippen molar-refractivity contribution < 1.29 is 23.8 Å². The van der Waals surface area contributed by atoms with Crippen LogP contribution >= 0.6 is 11.6 Å². The molecular formula is C19H19ClFN3O4. The lowest BCUT2D eigenvalue weighted by molar-refractivity contribution is -0.124. The molecule has 0 fully saturated rings. The van der Waals surface area contributed by atoms with Gasteiger partial charge in [0.1, 0.15) is 5.82 Å². The van der Waals surface area contributed by atoms with Crippen LogP contribution in [0.5, 0.6) is 11.5 Å². The average Bonchev–Trinajstić information content (AvgIpc) is 2.66. The molecule has 7 nitrogen and oxygen atoms in total. The Balaban J connectivity index is 1.81. The monoisotopic (exact) mass is 407 g/mol. The van der Waals surface area contributed by atoms with E-state index in [1.54, 1.807) is 6.92 Å². The molecule has 0 saturated heterocycles. The molecule has 0 bridgehead atoms. The van der Waals surface area contributed by atoms with Crippen LogP contribution in [0.4, 0.5) is 10.1 Å². The normalized spacial score (nSPS) is 10.7. The maximum absolute atomic E-state index is 12.8. The third-order valence-electron chi connectivity index (χ3n) is 3.46. The van der Waals surface area contributed by atoms with E-state index < -0.39 is 11.7 Å². The number of phenols is 1. The van der Waals surface area contributed by atoms with Crippen LogP contribution in [0, 0.1) is 5.82 Å². The second-order valence-electron chi connectivity index (χ2n) is 5.63. The van der Waals surface area contributed by atoms with Crippen molar-refractivity contribution in [2.75, 3.05) is 11.9 Å². The maximum Gasteiger partial charge on any atom is 0.240 e. The molecule has 9 heteroatoms. The van der Waals surface area contributed by atoms with Gasteiger partial charge in [0.25, 0.3) is 0 Å². The number of hydrogen-bond acceptors (Lipinski definition) is 5. The van der Waals surface area contributed by atoms with Crippen LogP contribution in [-0.2, 0) is 9.59 Å². The van der Waals surface area contributed by atoms with E-state index in [4.69, 9.17) is 16.3 Å². The average molecular weight is 408 g/mol. The van der Waals surface area contributed by atoms with E-state index in [1.165, 1.54) is 42.6 Å². The summed E-state index contributed by atoms with van der Waals surface area (Å²) in [7, 11) is 0. The van der Waals surface area contributed by atoms with Crippen molar-refractivity contribution in [3.63, 3.8) is 0 Å². The van der Waals surface area contributed by atoms with Gasteiger partial charge in [0.15, 0.2) is 11.5 Å². The minimum atomic E-state index is -0.458. The standard InChI is InChI=1S/C19H19ClFN3O4/c1-2-28-16-10-12(9-15(20)19(16)27)11-22-24-18(26)8-7-17(25)23-14-5-3-13(21)4-6-14/h3-6,9-11,27H,2,7-8H2,1H3,(H,23,25)(H,24,26)/b22-11+. The molecule has 2 amide bonds. The van der Waals surface area contributed by atoms with Gasteiger partial charge in [-0.15, -0.1) is 0 Å². The Morgan fingerprint density at radius 1 is 1.21 bits per heavy atom. The molecule has 28 heavy (non-hydrogen) atoms. The van der Waals surface area contributed by atoms with Gasteiger partial charge in [-0.1, -0.05) is 11.6 Å². The molecule has 0 aromatic heterocycles. The molecule has 0 saturated carbocycles. The van der Waals surface area contributed by atoms with E-state index in [9.17, 15) is 19.1 Å². The molecule has 3 N–H and O–H groups in total. The fourth-order valence-corrected chi connectivity index (χ4v) is 2.37. The van der Waals surface area contributed by atoms with Gasteiger partial charge in [-0.2, -0.15) is 5.10 Å². The van der Waals surface area contributed by atoms with Crippen molar-refractivity contribution in [3.05, 3.63) is 52.8 Å². The number of nitrogens with one attached hydrogen (secondary N) is 2. The molecular weight excluding hydrogens is 389 g/mol. The lowest BCUT2D eigenvalue weighted by Gasteiger charge is -2.08. The largest absolute Gasteiger partial charge is 0.503 e. The van der Waals surface area contributed by atoms with Crippen molar-refractivity contribution >= 4 is 35.3 Å². The van der Waals surface area contributed by atoms with Gasteiger partial charge in [0.2, 0.25) is 11.8 Å². The molecule has 148 valence electrons. The summed E-state index contributed by atoms with van der Waals surface area (Å²) in [5.74, 6) is -1.20. The Morgan fingerprint density at radius 2 is 1.89 bits per heavy atom. The second-order valence-corrected chi connectivity index (χ2v) is 6.04. The predicted molar refractivity (Wildman–Crippen MR) is 104 cm³/mol. The quantitative estimate of drug-likeness (QED) is 0.461. The van der Waals surface area contributed by atoms with Crippen LogP contribution in [0.25, 0.3) is 0 Å². The highest BCUT2D eigenvalue weighted by atomic mass is 35.5. The lowest BCUT2D eigenvalue weighted by Crippen LogP contribution is -2.20. The summed E-state index contributed by atoms with van der Waals surface area (Å²) in [6.45, 7) is 2.11. The zero-order valence-electron chi connectivity index (χ0n) is 15.0. The molecule has 0 aliphatic rings. The first-order valence-electron chi connectivity index (χ1n) is 8.41. The fraction of sp³-hybridized carbons (Fsp3) is 0.211. The van der Waals surface area contributed by atoms with E-state index in [0.29, 0.717) is 17.9 Å². The van der Waals surface area contributed by atoms with Crippen LogP contribution in [-0.4, -0.2) is 29.7 Å². The molecule has 2 rings (SSSR count). The third-order valence-corrected chi connectivity index (χ3v) is 3.75. The summed E-state index contributed by atoms with van der Waals surface area (Å²) >= 11 is 5.91. The number of hydrogen-bond donors (Lipinski definition) is 3. The molecule has 0 heterocycles. The van der Waals surface area contributed by atoms with Crippen molar-refractivity contribution in [3.8, 4) is 11.5 Å². The Labute approximate surface area is 166 Å². The lowest BCUT2D eigenvalue weighted by atomic mass is 10.2. The van der Waals surface area contributed by atoms with Crippen molar-refractivity contribution in [2.45, 2.75) is 19.8 Å². The number of carbonyl (C=O) groups is 2. The van der Waals surface area contributed by atoms with Crippen molar-refractivity contribution in [1.29, 1.82) is 0 Å². The highest BCUT2D eigenvalue weighted by Gasteiger charge is 2.09. The Bertz CT molecular complexity index is 872. The first-order valence-corrected chi connectivity index (χ1v) is 8.79. The minimum Gasteiger partial charge on any atom is -0.503 e. The highest BCUT2D eigenvalue weighted by molar-refractivity contribution is 6.32. The molecule has 0 radical (unpaired) electrons. The van der Waals surface area contributed by atoms with Gasteiger partial charge < -0.3 is 15.2 Å². The Kier molecular flexibility index (Phi) is 7.76. The summed E-state index contributed by atoms with van der Waals surface area (Å²) in [6, 6.07) is 8.29. The number of anilines is 1. The van der Waals surface area contributed by atoms with Crippen LogP contribution in [0.15, 0.2) is 41.5 Å². The smallest absolute Gasteiger partial charge is 0.240 e. The number of phenolic OH excluding ortho intramolecular Hbond substituents is 1. The number of ether oxygens (including phenoxy) is 1. The number of benzene rings is 2. The van der Waals surface area contributed by atoms with E-state index in [2.05, 4.69) is 15.8 Å². The zero-order chi connectivity index (χ0) is 20.5. The zero-order valence-corrected chi connectivity index (χ0v) is 15.8. The molecule has 2 aromatic rings. The van der Waals surface area contributed by atoms with Gasteiger partial charge >= 0.3 is 0 Å². The highest BCUT2D eigenvalue weighted by Crippen LogP contribution is 2.34. The van der Waals surface area contributed by atoms with Gasteiger partial charge in [-0.05, 0) is 48.9 Å². The summed E-state index contributed by atoms with van der Waals surface area (Å²) in [4.78, 5) is 23.6. The molecule has 0 unspecified atom stereocenters. The fourth-order valence-electron chi connectivity index (χ4n) is 2.15. The van der Waals surface area contributed by atoms with Crippen LogP contribution in [0.3, 0.4) is 0 Å². The molecule has 0 aliphatic heterocycles. The number of nitrogens with zero attached hydrogens (tertiary/aromatic N) is 1. The Morgan fingerprint density at radius 3 is 2.57 bits per heavy atom. The number of aromatic hydroxyl groups is 1. The Hall–Kier alpha value is -3.13. The van der Waals surface area contributed by atoms with Crippen molar-refractivity contribution in [2.24, 2.45) is 5.10 Å². The van der Waals surface area contributed by atoms with E-state index in [-0.39, 0.29) is 35.3 Å². The van der Waals surface area contributed by atoms with Gasteiger partial charge in [0.05, 0.1) is 17.8 Å². The van der Waals surface area contributed by atoms with E-state index in [1.807, 2.05) is 0 Å². The third kappa shape index (κ3) is 6.55. The SMILES string of the molecule is CCOc1cc(/C=N/NC(=O)CCC(=O)Nc2ccc(F)cc2)cc(Cl)c1O. The topological polar surface area (TPSA) is 100 Å². The summed E-state index contributed by atoms with van der Waals surface area (Å²) in [6.07, 6.45) is 1.20. The number of carbonyl (C=O) groups excluding carboxylic acids is 2. The number of hydrazone groups is 1. The molecule has 0 spiro atoms. The first kappa shape index (κ1) is 21.2. The van der Waals surface area contributed by atoms with Crippen molar-refractivity contribution in [1.82, 2.24) is 5.43 Å². The molecule has 0 atom stereocenters. The van der Waals surface area contributed by atoms with Gasteiger partial charge in [0, 0.05) is 18.5 Å². The van der Waals surface area contributed by atoms with Crippen LogP contribution < -0.4 is 15.5 Å².